The van der Waals surface area contributed by atoms with Crippen LogP contribution >= 0.6 is 21.5 Å². The molecule has 3 rings (SSSR count). The average Bonchev–Trinajstić information content (AvgIpc) is 2.57. The van der Waals surface area contributed by atoms with E-state index in [2.05, 4.69) is 106 Å². The Kier molecular flexibility index (Phi) is 6.37. The van der Waals surface area contributed by atoms with E-state index in [-0.39, 0.29) is 17.0 Å². The molecule has 0 aliphatic rings. The average molecular weight is 436 g/mol. The van der Waals surface area contributed by atoms with Crippen molar-refractivity contribution < 1.29 is 17.0 Å². The van der Waals surface area contributed by atoms with Gasteiger partial charge in [0.05, 0.1) is 0 Å². The van der Waals surface area contributed by atoms with Crippen molar-refractivity contribution in [3.05, 3.63) is 96.6 Å². The van der Waals surface area contributed by atoms with Crippen LogP contribution in [0, 0.1) is 0 Å². The monoisotopic (exact) mass is 434 g/mol. The number of rotatable bonds is 4. The van der Waals surface area contributed by atoms with Crippen LogP contribution in [-0.2, 0) is 6.16 Å². The summed E-state index contributed by atoms with van der Waals surface area (Å²) in [5.74, 6) is -1.58. The van der Waals surface area contributed by atoms with Crippen molar-refractivity contribution in [2.75, 3.05) is 0 Å². The van der Waals surface area contributed by atoms with Crippen LogP contribution in [0.2, 0.25) is 0 Å². The largest absolute Gasteiger partial charge is 1.00 e. The molecule has 0 aliphatic carbocycles. The number of hydrogen-bond acceptors (Lipinski definition) is 0. The normalized spacial score (nSPS) is 10.8. The van der Waals surface area contributed by atoms with Gasteiger partial charge in [0.25, 0.3) is 0 Å². The van der Waals surface area contributed by atoms with Crippen LogP contribution in [0.25, 0.3) is 0 Å². The minimum atomic E-state index is -1.58. The molecular formula is C19H17Br2P. The molecule has 3 aromatic carbocycles. The highest BCUT2D eigenvalue weighted by molar-refractivity contribution is 9.43. The first kappa shape index (κ1) is 17.4. The lowest BCUT2D eigenvalue weighted by Gasteiger charge is -2.20. The van der Waals surface area contributed by atoms with Crippen LogP contribution in [0.4, 0.5) is 0 Å². The van der Waals surface area contributed by atoms with Crippen LogP contribution in [-0.4, -0.2) is 0 Å². The molecule has 22 heavy (non-hydrogen) atoms. The van der Waals surface area contributed by atoms with Crippen molar-refractivity contribution >= 4 is 32.1 Å². The Bertz CT molecular complexity index is 645. The number of hydrogen-bond donors (Lipinski definition) is 0. The molecular weight excluding hydrogens is 419 g/mol. The summed E-state index contributed by atoms with van der Waals surface area (Å²) in [6, 6.07) is 32.3. The predicted octanol–water partition coefficient (Wildman–Crippen LogP) is 2.17. The van der Waals surface area contributed by atoms with Gasteiger partial charge in [-0.25, -0.2) is 0 Å². The van der Waals surface area contributed by atoms with Crippen molar-refractivity contribution in [1.82, 2.24) is 0 Å². The number of benzene rings is 3. The van der Waals surface area contributed by atoms with Gasteiger partial charge in [0.15, 0.2) is 21.5 Å². The molecule has 0 atom stereocenters. The van der Waals surface area contributed by atoms with E-state index >= 15 is 0 Å². The zero-order valence-electron chi connectivity index (χ0n) is 12.1. The highest BCUT2D eigenvalue weighted by Crippen LogP contribution is 2.66. The second-order valence-corrected chi connectivity index (χ2v) is 11.4. The highest BCUT2D eigenvalue weighted by Gasteiger charge is 2.40. The Labute approximate surface area is 151 Å². The fourth-order valence-electron chi connectivity index (χ4n) is 2.50. The minimum Gasteiger partial charge on any atom is -1.00 e. The molecule has 0 fully saturated rings. The summed E-state index contributed by atoms with van der Waals surface area (Å²) in [6.45, 7) is 0. The lowest BCUT2D eigenvalue weighted by atomic mass is 10.2. The third-order valence-corrected chi connectivity index (χ3v) is 9.82. The lowest BCUT2D eigenvalue weighted by molar-refractivity contribution is -0.00000397. The van der Waals surface area contributed by atoms with E-state index in [1.807, 2.05) is 0 Å². The van der Waals surface area contributed by atoms with E-state index in [4.69, 9.17) is 0 Å². The fourth-order valence-corrected chi connectivity index (χ4v) is 7.45. The molecule has 0 saturated carbocycles. The smallest absolute Gasteiger partial charge is 0.153 e. The van der Waals surface area contributed by atoms with E-state index in [1.54, 1.807) is 0 Å². The van der Waals surface area contributed by atoms with E-state index in [0.717, 1.165) is 6.16 Å². The first-order chi connectivity index (χ1) is 10.3. The van der Waals surface area contributed by atoms with Gasteiger partial charge in [-0.05, 0) is 29.8 Å². The standard InChI is InChI=1S/C19H17BrP.BrH/c20-21(18-12-6-2-7-13-18,19-14-8-3-9-15-19)16-17-10-4-1-5-11-17;/h1-15H,16H2;1H/q+1;/p-1. The van der Waals surface area contributed by atoms with Gasteiger partial charge in [-0.3, -0.25) is 0 Å². The van der Waals surface area contributed by atoms with Gasteiger partial charge >= 0.3 is 0 Å². The summed E-state index contributed by atoms with van der Waals surface area (Å²) >= 11 is 4.15. The second-order valence-electron chi connectivity index (χ2n) is 5.03. The summed E-state index contributed by atoms with van der Waals surface area (Å²) in [5, 5.41) is 2.78. The Hall–Kier alpha value is -0.950. The summed E-state index contributed by atoms with van der Waals surface area (Å²) in [5.41, 5.74) is 1.37. The van der Waals surface area contributed by atoms with E-state index < -0.39 is 5.96 Å². The molecule has 112 valence electrons. The van der Waals surface area contributed by atoms with Crippen molar-refractivity contribution in [3.63, 3.8) is 0 Å². The number of halogens is 2. The lowest BCUT2D eigenvalue weighted by Crippen LogP contribution is -3.00. The summed E-state index contributed by atoms with van der Waals surface area (Å²) in [7, 11) is 0. The van der Waals surface area contributed by atoms with Gasteiger partial charge < -0.3 is 17.0 Å². The molecule has 0 unspecified atom stereocenters. The van der Waals surface area contributed by atoms with Gasteiger partial charge in [0, 0.05) is 0 Å². The quantitative estimate of drug-likeness (QED) is 0.551. The van der Waals surface area contributed by atoms with Gasteiger partial charge in [0.2, 0.25) is 0 Å². The molecule has 0 aromatic heterocycles. The topological polar surface area (TPSA) is 0 Å². The van der Waals surface area contributed by atoms with Gasteiger partial charge in [-0.2, -0.15) is 0 Å². The molecule has 0 aliphatic heterocycles. The maximum absolute atomic E-state index is 4.15. The minimum absolute atomic E-state index is 0. The summed E-state index contributed by atoms with van der Waals surface area (Å²) < 4.78 is 0. The maximum Gasteiger partial charge on any atom is 0.153 e. The van der Waals surface area contributed by atoms with Crippen molar-refractivity contribution in [2.45, 2.75) is 6.16 Å². The Morgan fingerprint density at radius 3 is 1.36 bits per heavy atom. The highest BCUT2D eigenvalue weighted by atomic mass is 79.9. The summed E-state index contributed by atoms with van der Waals surface area (Å²) in [4.78, 5) is 0. The van der Waals surface area contributed by atoms with Gasteiger partial charge in [-0.15, -0.1) is 0 Å². The second kappa shape index (κ2) is 8.06. The van der Waals surface area contributed by atoms with Crippen LogP contribution in [0.5, 0.6) is 0 Å². The van der Waals surface area contributed by atoms with Crippen molar-refractivity contribution in [1.29, 1.82) is 0 Å². The first-order valence-corrected chi connectivity index (χ1v) is 11.0. The van der Waals surface area contributed by atoms with Crippen molar-refractivity contribution in [3.8, 4) is 0 Å². The molecule has 0 radical (unpaired) electrons. The van der Waals surface area contributed by atoms with E-state index in [9.17, 15) is 0 Å². The predicted molar refractivity (Wildman–Crippen MR) is 98.1 cm³/mol. The Morgan fingerprint density at radius 2 is 0.955 bits per heavy atom. The van der Waals surface area contributed by atoms with Crippen molar-refractivity contribution in [2.24, 2.45) is 0 Å². The van der Waals surface area contributed by atoms with Crippen LogP contribution in [0.15, 0.2) is 91.0 Å². The van der Waals surface area contributed by atoms with Gasteiger partial charge in [-0.1, -0.05) is 66.7 Å². The third-order valence-electron chi connectivity index (χ3n) is 3.57. The molecule has 0 bridgehead atoms. The molecule has 3 heteroatoms. The molecule has 0 heterocycles. The third kappa shape index (κ3) is 3.87. The maximum atomic E-state index is 4.15. The SMILES string of the molecule is Br[P+](Cc1ccccc1)(c1ccccc1)c1ccccc1.[Br-]. The Morgan fingerprint density at radius 1 is 0.591 bits per heavy atom. The summed E-state index contributed by atoms with van der Waals surface area (Å²) in [6.07, 6.45) is 1.03. The van der Waals surface area contributed by atoms with E-state index in [0.29, 0.717) is 0 Å². The van der Waals surface area contributed by atoms with Crippen LogP contribution < -0.4 is 27.6 Å². The van der Waals surface area contributed by atoms with Gasteiger partial charge in [0.1, 0.15) is 16.8 Å². The zero-order valence-corrected chi connectivity index (χ0v) is 16.1. The molecule has 0 spiro atoms. The zero-order chi connectivity index (χ0) is 14.5. The molecule has 3 aromatic rings. The van der Waals surface area contributed by atoms with Crippen LogP contribution in [0.3, 0.4) is 0 Å². The first-order valence-electron chi connectivity index (χ1n) is 7.02. The van der Waals surface area contributed by atoms with E-state index in [1.165, 1.54) is 16.2 Å². The van der Waals surface area contributed by atoms with Crippen LogP contribution in [0.1, 0.15) is 5.56 Å². The molecule has 0 N–H and O–H groups in total. The fraction of sp³-hybridized carbons (Fsp3) is 0.0526. The molecule has 0 saturated heterocycles. The molecule has 0 nitrogen and oxygen atoms in total. The molecule has 0 amide bonds. The Balaban J connectivity index is 0.00000176.